The molecule has 0 radical (unpaired) electrons. The summed E-state index contributed by atoms with van der Waals surface area (Å²) < 4.78 is 0. The first kappa shape index (κ1) is 17.2. The molecule has 2 amide bonds. The van der Waals surface area contributed by atoms with Crippen LogP contribution in [-0.2, 0) is 4.79 Å². The van der Waals surface area contributed by atoms with Crippen LogP contribution < -0.4 is 10.2 Å². The third-order valence-electron chi connectivity index (χ3n) is 4.63. The molecule has 0 aromatic heterocycles. The highest BCUT2D eigenvalue weighted by atomic mass is 16.6. The third-order valence-corrected chi connectivity index (χ3v) is 4.63. The summed E-state index contributed by atoms with van der Waals surface area (Å²) in [6.07, 6.45) is 3.37. The topological polar surface area (TPSA) is 95.8 Å². The molecule has 25 heavy (non-hydrogen) atoms. The molecule has 1 atom stereocenters. The molecule has 1 unspecified atom stereocenters. The summed E-state index contributed by atoms with van der Waals surface area (Å²) in [5.74, 6) is -0.359. The van der Waals surface area contributed by atoms with Gasteiger partial charge in [-0.2, -0.15) is 0 Å². The second-order valence-corrected chi connectivity index (χ2v) is 6.79. The maximum atomic E-state index is 12.4. The van der Waals surface area contributed by atoms with Crippen molar-refractivity contribution in [1.82, 2.24) is 10.2 Å². The molecule has 1 N–H and O–H groups in total. The Kier molecular flexibility index (Phi) is 4.61. The van der Waals surface area contributed by atoms with Gasteiger partial charge in [0.25, 0.3) is 11.6 Å². The van der Waals surface area contributed by atoms with Crippen molar-refractivity contribution in [2.45, 2.75) is 37.8 Å². The van der Waals surface area contributed by atoms with Crippen molar-refractivity contribution in [1.29, 1.82) is 0 Å². The first-order valence-corrected chi connectivity index (χ1v) is 8.45. The number of rotatable bonds is 5. The first-order valence-electron chi connectivity index (χ1n) is 8.45. The molecule has 2 aliphatic rings. The van der Waals surface area contributed by atoms with E-state index in [9.17, 15) is 19.7 Å². The normalized spacial score (nSPS) is 19.6. The van der Waals surface area contributed by atoms with Crippen molar-refractivity contribution < 1.29 is 14.5 Å². The maximum absolute atomic E-state index is 12.4. The predicted octanol–water partition coefficient (Wildman–Crippen LogP) is 1.54. The van der Waals surface area contributed by atoms with Gasteiger partial charge in [-0.15, -0.1) is 0 Å². The van der Waals surface area contributed by atoms with Crippen LogP contribution in [0.3, 0.4) is 0 Å². The Morgan fingerprint density at radius 1 is 1.28 bits per heavy atom. The van der Waals surface area contributed by atoms with Crippen molar-refractivity contribution in [3.63, 3.8) is 0 Å². The van der Waals surface area contributed by atoms with E-state index in [4.69, 9.17) is 0 Å². The number of nitro benzene ring substituents is 1. The number of nitrogens with one attached hydrogen (secondary N) is 1. The summed E-state index contributed by atoms with van der Waals surface area (Å²) in [6.45, 7) is 0.582. The molecule has 8 nitrogen and oxygen atoms in total. The molecular formula is C17H22N4O4. The van der Waals surface area contributed by atoms with Gasteiger partial charge >= 0.3 is 0 Å². The average molecular weight is 346 g/mol. The van der Waals surface area contributed by atoms with Crippen LogP contribution in [0.25, 0.3) is 0 Å². The van der Waals surface area contributed by atoms with Gasteiger partial charge in [-0.25, -0.2) is 0 Å². The largest absolute Gasteiger partial charge is 0.354 e. The molecule has 8 heteroatoms. The Hall–Kier alpha value is -2.64. The van der Waals surface area contributed by atoms with E-state index in [1.807, 2.05) is 0 Å². The fourth-order valence-electron chi connectivity index (χ4n) is 3.16. The van der Waals surface area contributed by atoms with E-state index in [2.05, 4.69) is 5.32 Å². The lowest BCUT2D eigenvalue weighted by atomic mass is 10.1. The molecule has 1 saturated carbocycles. The molecule has 1 saturated heterocycles. The highest BCUT2D eigenvalue weighted by Gasteiger charge is 2.35. The number of nitrogens with zero attached hydrogens (tertiary/aromatic N) is 3. The predicted molar refractivity (Wildman–Crippen MR) is 92.6 cm³/mol. The van der Waals surface area contributed by atoms with Crippen LogP contribution >= 0.6 is 0 Å². The Labute approximate surface area is 145 Å². The Morgan fingerprint density at radius 3 is 2.60 bits per heavy atom. The van der Waals surface area contributed by atoms with Crippen LogP contribution in [0.5, 0.6) is 0 Å². The van der Waals surface area contributed by atoms with Crippen LogP contribution in [0, 0.1) is 10.1 Å². The monoisotopic (exact) mass is 346 g/mol. The van der Waals surface area contributed by atoms with E-state index >= 15 is 0 Å². The first-order chi connectivity index (χ1) is 11.9. The molecule has 0 bridgehead atoms. The second kappa shape index (κ2) is 6.70. The molecule has 1 aliphatic heterocycles. The Bertz CT molecular complexity index is 715. The van der Waals surface area contributed by atoms with Crippen molar-refractivity contribution in [2.75, 3.05) is 25.5 Å². The van der Waals surface area contributed by atoms with Crippen LogP contribution in [-0.4, -0.2) is 54.4 Å². The number of nitro groups is 1. The minimum absolute atomic E-state index is 0.0673. The van der Waals surface area contributed by atoms with E-state index in [1.54, 1.807) is 31.1 Å². The highest BCUT2D eigenvalue weighted by molar-refractivity contribution is 5.96. The number of carbonyl (C=O) groups is 2. The zero-order valence-electron chi connectivity index (χ0n) is 14.4. The summed E-state index contributed by atoms with van der Waals surface area (Å²) in [6, 6.07) is 4.27. The van der Waals surface area contributed by atoms with Crippen molar-refractivity contribution in [3.05, 3.63) is 33.9 Å². The van der Waals surface area contributed by atoms with E-state index < -0.39 is 11.0 Å². The molecule has 3 rings (SSSR count). The molecule has 0 spiro atoms. The van der Waals surface area contributed by atoms with Gasteiger partial charge < -0.3 is 15.1 Å². The SMILES string of the molecule is CN(C)C(=O)C1CCCN1c1ccc(C(=O)NC2CC2)cc1[N+](=O)[O-]. The van der Waals surface area contributed by atoms with Crippen LogP contribution in [0.2, 0.25) is 0 Å². The Balaban J connectivity index is 1.90. The molecule has 1 aliphatic carbocycles. The molecule has 2 fully saturated rings. The minimum Gasteiger partial charge on any atom is -0.354 e. The lowest BCUT2D eigenvalue weighted by Gasteiger charge is -2.27. The van der Waals surface area contributed by atoms with Crippen LogP contribution in [0.15, 0.2) is 18.2 Å². The third kappa shape index (κ3) is 3.57. The van der Waals surface area contributed by atoms with Crippen LogP contribution in [0.1, 0.15) is 36.0 Å². The number of amides is 2. The summed E-state index contributed by atoms with van der Waals surface area (Å²) in [4.78, 5) is 38.9. The van der Waals surface area contributed by atoms with E-state index in [0.717, 1.165) is 19.3 Å². The second-order valence-electron chi connectivity index (χ2n) is 6.79. The van der Waals surface area contributed by atoms with E-state index in [-0.39, 0.29) is 29.1 Å². The van der Waals surface area contributed by atoms with Crippen molar-refractivity contribution >= 4 is 23.2 Å². The van der Waals surface area contributed by atoms with Gasteiger partial charge in [0.05, 0.1) is 4.92 Å². The quantitative estimate of drug-likeness (QED) is 0.644. The van der Waals surface area contributed by atoms with Gasteiger partial charge in [0, 0.05) is 38.3 Å². The summed E-state index contributed by atoms with van der Waals surface area (Å²) >= 11 is 0. The van der Waals surface area contributed by atoms with Gasteiger partial charge in [-0.3, -0.25) is 19.7 Å². The smallest absolute Gasteiger partial charge is 0.293 e. The fourth-order valence-corrected chi connectivity index (χ4v) is 3.16. The van der Waals surface area contributed by atoms with Gasteiger partial charge in [0.2, 0.25) is 5.91 Å². The summed E-state index contributed by atoms with van der Waals surface area (Å²) in [5, 5.41) is 14.4. The van der Waals surface area contributed by atoms with Crippen molar-refractivity contribution in [2.24, 2.45) is 0 Å². The summed E-state index contributed by atoms with van der Waals surface area (Å²) in [5.41, 5.74) is 0.532. The van der Waals surface area contributed by atoms with Crippen molar-refractivity contribution in [3.8, 4) is 0 Å². The summed E-state index contributed by atoms with van der Waals surface area (Å²) in [7, 11) is 3.36. The molecule has 1 aromatic rings. The fraction of sp³-hybridized carbons (Fsp3) is 0.529. The number of benzene rings is 1. The average Bonchev–Trinajstić information content (AvgIpc) is 3.25. The number of carbonyl (C=O) groups excluding carboxylic acids is 2. The van der Waals surface area contributed by atoms with Gasteiger partial charge in [0.15, 0.2) is 0 Å². The lowest BCUT2D eigenvalue weighted by molar-refractivity contribution is -0.384. The minimum atomic E-state index is -0.487. The number of hydrogen-bond donors (Lipinski definition) is 1. The standard InChI is InChI=1S/C17H22N4O4/c1-19(2)17(23)14-4-3-9-20(14)13-8-5-11(10-15(13)21(24)25)16(22)18-12-6-7-12/h5,8,10,12,14H,3-4,6-7,9H2,1-2H3,(H,18,22). The Morgan fingerprint density at radius 2 is 2.00 bits per heavy atom. The molecule has 1 aromatic carbocycles. The number of likely N-dealkylation sites (N-methyl/N-ethyl adjacent to an activating group) is 1. The van der Waals surface area contributed by atoms with Gasteiger partial charge in [-0.05, 0) is 37.8 Å². The molecular weight excluding hydrogens is 324 g/mol. The number of anilines is 1. The molecule has 134 valence electrons. The molecule has 1 heterocycles. The van der Waals surface area contributed by atoms with Crippen LogP contribution in [0.4, 0.5) is 11.4 Å². The zero-order valence-corrected chi connectivity index (χ0v) is 14.4. The highest BCUT2D eigenvalue weighted by Crippen LogP contribution is 2.35. The maximum Gasteiger partial charge on any atom is 0.293 e. The van der Waals surface area contributed by atoms with Gasteiger partial charge in [0.1, 0.15) is 11.7 Å². The van der Waals surface area contributed by atoms with E-state index in [0.29, 0.717) is 18.7 Å². The number of hydrogen-bond acceptors (Lipinski definition) is 5. The van der Waals surface area contributed by atoms with E-state index in [1.165, 1.54) is 11.0 Å². The zero-order chi connectivity index (χ0) is 18.1. The van der Waals surface area contributed by atoms with Gasteiger partial charge in [-0.1, -0.05) is 0 Å². The lowest BCUT2D eigenvalue weighted by Crippen LogP contribution is -2.43.